The van der Waals surface area contributed by atoms with E-state index in [1.165, 1.54) is 0 Å². The second-order valence-corrected chi connectivity index (χ2v) is 5.11. The Hall–Kier alpha value is -2.43. The lowest BCUT2D eigenvalue weighted by Gasteiger charge is -2.38. The van der Waals surface area contributed by atoms with E-state index >= 15 is 0 Å². The number of rotatable bonds is 4. The standard InChI is InChI=1S/C15H18N4O3/c16-9-11-1-3-12(4-2-11)14(15(17)22)19-7-5-18(6-8-19)13(21)10-20/h1-4,14,20H,5-8,10H2,(H2,17,22). The zero-order valence-electron chi connectivity index (χ0n) is 12.1. The van der Waals surface area contributed by atoms with Crippen LogP contribution in [0.2, 0.25) is 0 Å². The molecule has 22 heavy (non-hydrogen) atoms. The smallest absolute Gasteiger partial charge is 0.248 e. The van der Waals surface area contributed by atoms with Gasteiger partial charge in [-0.2, -0.15) is 5.26 Å². The third-order valence-corrected chi connectivity index (χ3v) is 3.79. The predicted molar refractivity (Wildman–Crippen MR) is 78.3 cm³/mol. The second kappa shape index (κ2) is 7.02. The number of piperazine rings is 1. The van der Waals surface area contributed by atoms with Crippen molar-refractivity contribution in [2.75, 3.05) is 32.8 Å². The van der Waals surface area contributed by atoms with E-state index < -0.39 is 18.6 Å². The van der Waals surface area contributed by atoms with Crippen molar-refractivity contribution in [1.29, 1.82) is 5.26 Å². The van der Waals surface area contributed by atoms with Gasteiger partial charge in [0.2, 0.25) is 11.8 Å². The summed E-state index contributed by atoms with van der Waals surface area (Å²) in [5.74, 6) is -0.778. The lowest BCUT2D eigenvalue weighted by molar-refractivity contribution is -0.136. The summed E-state index contributed by atoms with van der Waals surface area (Å²) in [4.78, 5) is 26.7. The van der Waals surface area contributed by atoms with Crippen molar-refractivity contribution in [2.24, 2.45) is 5.73 Å². The Bertz CT molecular complexity index is 586. The molecular weight excluding hydrogens is 284 g/mol. The van der Waals surface area contributed by atoms with Crippen molar-refractivity contribution in [3.8, 4) is 6.07 Å². The van der Waals surface area contributed by atoms with Gasteiger partial charge in [0, 0.05) is 26.2 Å². The van der Waals surface area contributed by atoms with Crippen molar-refractivity contribution in [3.63, 3.8) is 0 Å². The number of benzene rings is 1. The first-order valence-corrected chi connectivity index (χ1v) is 6.99. The van der Waals surface area contributed by atoms with E-state index in [0.717, 1.165) is 5.56 Å². The predicted octanol–water partition coefficient (Wildman–Crippen LogP) is -0.779. The Morgan fingerprint density at radius 1 is 1.23 bits per heavy atom. The average molecular weight is 302 g/mol. The van der Waals surface area contributed by atoms with Crippen molar-refractivity contribution in [3.05, 3.63) is 35.4 Å². The molecule has 1 aromatic rings. The van der Waals surface area contributed by atoms with Crippen LogP contribution in [0.1, 0.15) is 17.2 Å². The van der Waals surface area contributed by atoms with Crippen LogP contribution in [0.3, 0.4) is 0 Å². The van der Waals surface area contributed by atoms with Crippen molar-refractivity contribution in [2.45, 2.75) is 6.04 Å². The number of hydrogen-bond acceptors (Lipinski definition) is 5. The van der Waals surface area contributed by atoms with Crippen LogP contribution in [0.4, 0.5) is 0 Å². The lowest BCUT2D eigenvalue weighted by Crippen LogP contribution is -2.52. The largest absolute Gasteiger partial charge is 0.387 e. The summed E-state index contributed by atoms with van der Waals surface area (Å²) < 4.78 is 0. The third kappa shape index (κ3) is 3.42. The van der Waals surface area contributed by atoms with E-state index in [4.69, 9.17) is 16.1 Å². The van der Waals surface area contributed by atoms with Crippen molar-refractivity contribution >= 4 is 11.8 Å². The van der Waals surface area contributed by atoms with Gasteiger partial charge in [0.05, 0.1) is 11.6 Å². The Balaban J connectivity index is 2.11. The Morgan fingerprint density at radius 2 is 1.82 bits per heavy atom. The number of nitriles is 1. The van der Waals surface area contributed by atoms with E-state index in [-0.39, 0.29) is 5.91 Å². The summed E-state index contributed by atoms with van der Waals surface area (Å²) >= 11 is 0. The van der Waals surface area contributed by atoms with Gasteiger partial charge in [0.25, 0.3) is 0 Å². The minimum Gasteiger partial charge on any atom is -0.387 e. The molecule has 0 bridgehead atoms. The SMILES string of the molecule is N#Cc1ccc(C(C(N)=O)N2CCN(C(=O)CO)CC2)cc1. The first-order valence-electron chi connectivity index (χ1n) is 6.99. The molecule has 1 fully saturated rings. The highest BCUT2D eigenvalue weighted by Gasteiger charge is 2.30. The third-order valence-electron chi connectivity index (χ3n) is 3.79. The van der Waals surface area contributed by atoms with Crippen LogP contribution in [-0.2, 0) is 9.59 Å². The van der Waals surface area contributed by atoms with Gasteiger partial charge >= 0.3 is 0 Å². The molecule has 2 amide bonds. The van der Waals surface area contributed by atoms with E-state index in [2.05, 4.69) is 0 Å². The number of hydrogen-bond donors (Lipinski definition) is 2. The van der Waals surface area contributed by atoms with Crippen LogP contribution in [0.5, 0.6) is 0 Å². The van der Waals surface area contributed by atoms with E-state index in [1.807, 2.05) is 11.0 Å². The fourth-order valence-electron chi connectivity index (χ4n) is 2.62. The molecule has 0 aromatic heterocycles. The van der Waals surface area contributed by atoms with Crippen LogP contribution in [0.25, 0.3) is 0 Å². The lowest BCUT2D eigenvalue weighted by atomic mass is 10.0. The Morgan fingerprint density at radius 3 is 2.27 bits per heavy atom. The summed E-state index contributed by atoms with van der Waals surface area (Å²) in [6.07, 6.45) is 0. The summed E-state index contributed by atoms with van der Waals surface area (Å²) in [7, 11) is 0. The maximum absolute atomic E-state index is 11.8. The summed E-state index contributed by atoms with van der Waals surface area (Å²) in [5, 5.41) is 17.7. The molecule has 1 aliphatic heterocycles. The van der Waals surface area contributed by atoms with Gasteiger partial charge in [-0.1, -0.05) is 12.1 Å². The summed E-state index contributed by atoms with van der Waals surface area (Å²) in [5.41, 5.74) is 6.77. The first-order chi connectivity index (χ1) is 10.6. The van der Waals surface area contributed by atoms with Gasteiger partial charge in [-0.15, -0.1) is 0 Å². The molecule has 1 aromatic carbocycles. The Kier molecular flexibility index (Phi) is 5.09. The molecule has 0 aliphatic carbocycles. The number of primary amides is 1. The topological polar surface area (TPSA) is 111 Å². The monoisotopic (exact) mass is 302 g/mol. The number of carbonyl (C=O) groups excluding carboxylic acids is 2. The minimum absolute atomic E-state index is 0.311. The highest BCUT2D eigenvalue weighted by atomic mass is 16.3. The number of aliphatic hydroxyl groups excluding tert-OH is 1. The molecule has 1 aliphatic rings. The molecule has 1 unspecified atom stereocenters. The fourth-order valence-corrected chi connectivity index (χ4v) is 2.62. The molecule has 1 heterocycles. The molecular formula is C15H18N4O3. The van der Waals surface area contributed by atoms with Crippen LogP contribution < -0.4 is 5.73 Å². The number of amides is 2. The normalized spacial score (nSPS) is 16.8. The van der Waals surface area contributed by atoms with Crippen LogP contribution >= 0.6 is 0 Å². The van der Waals surface area contributed by atoms with Gasteiger partial charge in [-0.25, -0.2) is 0 Å². The van der Waals surface area contributed by atoms with E-state index in [1.54, 1.807) is 29.2 Å². The second-order valence-electron chi connectivity index (χ2n) is 5.11. The fraction of sp³-hybridized carbons (Fsp3) is 0.400. The van der Waals surface area contributed by atoms with E-state index in [0.29, 0.717) is 31.7 Å². The van der Waals surface area contributed by atoms with Gasteiger partial charge < -0.3 is 15.7 Å². The van der Waals surface area contributed by atoms with Gasteiger partial charge in [0.1, 0.15) is 12.6 Å². The average Bonchev–Trinajstić information content (AvgIpc) is 2.55. The van der Waals surface area contributed by atoms with Crippen molar-refractivity contribution in [1.82, 2.24) is 9.80 Å². The quantitative estimate of drug-likeness (QED) is 0.758. The first kappa shape index (κ1) is 15.9. The van der Waals surface area contributed by atoms with Crippen LogP contribution in [-0.4, -0.2) is 59.5 Å². The van der Waals surface area contributed by atoms with Crippen LogP contribution in [0.15, 0.2) is 24.3 Å². The molecule has 1 atom stereocenters. The number of carbonyl (C=O) groups is 2. The number of aliphatic hydroxyl groups is 1. The molecule has 7 nitrogen and oxygen atoms in total. The maximum atomic E-state index is 11.8. The van der Waals surface area contributed by atoms with Crippen LogP contribution in [0, 0.1) is 11.3 Å². The van der Waals surface area contributed by atoms with Gasteiger partial charge in [-0.3, -0.25) is 14.5 Å². The molecule has 1 saturated heterocycles. The van der Waals surface area contributed by atoms with Gasteiger partial charge in [-0.05, 0) is 17.7 Å². The molecule has 2 rings (SSSR count). The molecule has 3 N–H and O–H groups in total. The Labute approximate surface area is 128 Å². The number of nitrogens with zero attached hydrogens (tertiary/aromatic N) is 3. The summed E-state index contributed by atoms with van der Waals surface area (Å²) in [6, 6.07) is 8.19. The molecule has 7 heteroatoms. The maximum Gasteiger partial charge on any atom is 0.248 e. The summed E-state index contributed by atoms with van der Waals surface area (Å²) in [6.45, 7) is 1.38. The highest BCUT2D eigenvalue weighted by molar-refractivity contribution is 5.81. The zero-order chi connectivity index (χ0) is 16.1. The molecule has 116 valence electrons. The molecule has 0 radical (unpaired) electrons. The molecule has 0 saturated carbocycles. The highest BCUT2D eigenvalue weighted by Crippen LogP contribution is 2.22. The molecule has 0 spiro atoms. The number of nitrogens with two attached hydrogens (primary N) is 1. The van der Waals surface area contributed by atoms with Crippen molar-refractivity contribution < 1.29 is 14.7 Å². The van der Waals surface area contributed by atoms with E-state index in [9.17, 15) is 9.59 Å². The minimum atomic E-state index is -0.584. The van der Waals surface area contributed by atoms with Gasteiger partial charge in [0.15, 0.2) is 0 Å². The zero-order valence-corrected chi connectivity index (χ0v) is 12.1.